The zero-order valence-corrected chi connectivity index (χ0v) is 13.2. The Kier molecular flexibility index (Phi) is 6.23. The van der Waals surface area contributed by atoms with E-state index >= 15 is 0 Å². The van der Waals surface area contributed by atoms with Crippen LogP contribution in [0.4, 0.5) is 0 Å². The lowest BCUT2D eigenvalue weighted by Crippen LogP contribution is -2.45. The van der Waals surface area contributed by atoms with Gasteiger partial charge in [-0.15, -0.1) is 0 Å². The van der Waals surface area contributed by atoms with Gasteiger partial charge >= 0.3 is 0 Å². The SMILES string of the molecule is CN1CCN(CCCNCc2cccc(Br)n2)CC1. The molecule has 1 N–H and O–H groups in total. The lowest BCUT2D eigenvalue weighted by atomic mass is 10.3. The van der Waals surface area contributed by atoms with Crippen LogP contribution in [0.3, 0.4) is 0 Å². The lowest BCUT2D eigenvalue weighted by Gasteiger charge is -2.32. The summed E-state index contributed by atoms with van der Waals surface area (Å²) in [4.78, 5) is 9.36. The van der Waals surface area contributed by atoms with Crippen molar-refractivity contribution in [2.24, 2.45) is 0 Å². The van der Waals surface area contributed by atoms with Gasteiger partial charge in [0, 0.05) is 32.7 Å². The Balaban J connectivity index is 1.55. The Morgan fingerprint density at radius 3 is 2.79 bits per heavy atom. The maximum Gasteiger partial charge on any atom is 0.106 e. The van der Waals surface area contributed by atoms with Gasteiger partial charge in [0.2, 0.25) is 0 Å². The molecule has 1 aliphatic heterocycles. The van der Waals surface area contributed by atoms with Crippen LogP contribution in [0.5, 0.6) is 0 Å². The summed E-state index contributed by atoms with van der Waals surface area (Å²) in [6.45, 7) is 7.94. The fraction of sp³-hybridized carbons (Fsp3) is 0.643. The molecule has 2 rings (SSSR count). The summed E-state index contributed by atoms with van der Waals surface area (Å²) in [5.41, 5.74) is 1.09. The van der Waals surface area contributed by atoms with Gasteiger partial charge in [0.05, 0.1) is 5.69 Å². The molecule has 0 unspecified atom stereocenters. The third kappa shape index (κ3) is 5.57. The highest BCUT2D eigenvalue weighted by Crippen LogP contribution is 2.06. The van der Waals surface area contributed by atoms with Crippen molar-refractivity contribution >= 4 is 15.9 Å². The van der Waals surface area contributed by atoms with E-state index < -0.39 is 0 Å². The van der Waals surface area contributed by atoms with Crippen LogP contribution in [-0.4, -0.2) is 61.1 Å². The number of pyridine rings is 1. The molecule has 0 saturated carbocycles. The molecule has 2 heterocycles. The van der Waals surface area contributed by atoms with Crippen LogP contribution in [0.1, 0.15) is 12.1 Å². The van der Waals surface area contributed by atoms with Crippen LogP contribution >= 0.6 is 15.9 Å². The van der Waals surface area contributed by atoms with E-state index in [2.05, 4.69) is 49.1 Å². The first-order valence-electron chi connectivity index (χ1n) is 6.97. The monoisotopic (exact) mass is 326 g/mol. The molecule has 5 heteroatoms. The highest BCUT2D eigenvalue weighted by Gasteiger charge is 2.12. The molecule has 4 nitrogen and oxygen atoms in total. The minimum atomic E-state index is 0.849. The first kappa shape index (κ1) is 14.9. The van der Waals surface area contributed by atoms with Crippen molar-refractivity contribution in [1.29, 1.82) is 0 Å². The normalized spacial score (nSPS) is 17.8. The molecular weight excluding hydrogens is 304 g/mol. The third-order valence-corrected chi connectivity index (χ3v) is 3.94. The van der Waals surface area contributed by atoms with Crippen molar-refractivity contribution in [3.63, 3.8) is 0 Å². The molecule has 19 heavy (non-hydrogen) atoms. The average molecular weight is 327 g/mol. The van der Waals surface area contributed by atoms with E-state index in [1.165, 1.54) is 39.1 Å². The smallest absolute Gasteiger partial charge is 0.106 e. The van der Waals surface area contributed by atoms with Gasteiger partial charge in [0.1, 0.15) is 4.60 Å². The number of halogens is 1. The topological polar surface area (TPSA) is 31.4 Å². The van der Waals surface area contributed by atoms with Crippen molar-refractivity contribution in [2.75, 3.05) is 46.3 Å². The van der Waals surface area contributed by atoms with Gasteiger partial charge in [0.15, 0.2) is 0 Å². The molecule has 1 aromatic rings. The van der Waals surface area contributed by atoms with E-state index in [9.17, 15) is 0 Å². The number of likely N-dealkylation sites (N-methyl/N-ethyl adjacent to an activating group) is 1. The van der Waals surface area contributed by atoms with Crippen LogP contribution in [0.15, 0.2) is 22.8 Å². The second kappa shape index (κ2) is 7.94. The molecule has 106 valence electrons. The summed E-state index contributed by atoms with van der Waals surface area (Å²) in [6.07, 6.45) is 1.21. The van der Waals surface area contributed by atoms with E-state index in [0.717, 1.165) is 23.4 Å². The summed E-state index contributed by atoms with van der Waals surface area (Å²) < 4.78 is 0.907. The third-order valence-electron chi connectivity index (χ3n) is 3.50. The Morgan fingerprint density at radius 2 is 2.05 bits per heavy atom. The highest BCUT2D eigenvalue weighted by molar-refractivity contribution is 9.10. The molecule has 1 fully saturated rings. The minimum Gasteiger partial charge on any atom is -0.311 e. The van der Waals surface area contributed by atoms with Gasteiger partial charge in [-0.05, 0) is 54.6 Å². The van der Waals surface area contributed by atoms with Crippen molar-refractivity contribution in [3.05, 3.63) is 28.5 Å². The van der Waals surface area contributed by atoms with E-state index in [-0.39, 0.29) is 0 Å². The second-order valence-electron chi connectivity index (χ2n) is 5.13. The maximum atomic E-state index is 4.41. The molecule has 0 amide bonds. The summed E-state index contributed by atoms with van der Waals surface area (Å²) in [5.74, 6) is 0. The Morgan fingerprint density at radius 1 is 1.26 bits per heavy atom. The number of nitrogens with one attached hydrogen (secondary N) is 1. The first-order valence-corrected chi connectivity index (χ1v) is 7.76. The van der Waals surface area contributed by atoms with E-state index in [1.807, 2.05) is 12.1 Å². The molecule has 0 aromatic carbocycles. The number of rotatable bonds is 6. The molecular formula is C14H23BrN4. The summed E-state index contributed by atoms with van der Waals surface area (Å²) in [6, 6.07) is 6.04. The maximum absolute atomic E-state index is 4.41. The van der Waals surface area contributed by atoms with Crippen molar-refractivity contribution in [1.82, 2.24) is 20.1 Å². The molecule has 1 aliphatic rings. The van der Waals surface area contributed by atoms with Crippen molar-refractivity contribution < 1.29 is 0 Å². The van der Waals surface area contributed by atoms with Gasteiger partial charge in [-0.25, -0.2) is 4.98 Å². The van der Waals surface area contributed by atoms with Crippen LogP contribution in [0.25, 0.3) is 0 Å². The summed E-state index contributed by atoms with van der Waals surface area (Å²) in [7, 11) is 2.20. The average Bonchev–Trinajstić information content (AvgIpc) is 2.41. The molecule has 0 radical (unpaired) electrons. The molecule has 1 aromatic heterocycles. The van der Waals surface area contributed by atoms with Gasteiger partial charge in [-0.2, -0.15) is 0 Å². The molecule has 1 saturated heterocycles. The number of nitrogens with zero attached hydrogens (tertiary/aromatic N) is 3. The molecule has 0 bridgehead atoms. The largest absolute Gasteiger partial charge is 0.311 e. The number of piperazine rings is 1. The lowest BCUT2D eigenvalue weighted by molar-refractivity contribution is 0.152. The van der Waals surface area contributed by atoms with Gasteiger partial charge in [-0.3, -0.25) is 0 Å². The Hall–Kier alpha value is -0.490. The quantitative estimate of drug-likeness (QED) is 0.635. The molecule has 0 atom stereocenters. The van der Waals surface area contributed by atoms with Gasteiger partial charge in [0.25, 0.3) is 0 Å². The predicted molar refractivity (Wildman–Crippen MR) is 82.2 cm³/mol. The zero-order valence-electron chi connectivity index (χ0n) is 11.6. The number of hydrogen-bond donors (Lipinski definition) is 1. The fourth-order valence-electron chi connectivity index (χ4n) is 2.26. The molecule has 0 aliphatic carbocycles. The Bertz CT molecular complexity index is 377. The van der Waals surface area contributed by atoms with Crippen molar-refractivity contribution in [2.45, 2.75) is 13.0 Å². The van der Waals surface area contributed by atoms with Crippen LogP contribution in [0, 0.1) is 0 Å². The van der Waals surface area contributed by atoms with Gasteiger partial charge in [-0.1, -0.05) is 6.07 Å². The molecule has 0 spiro atoms. The van der Waals surface area contributed by atoms with E-state index in [4.69, 9.17) is 0 Å². The predicted octanol–water partition coefficient (Wildman–Crippen LogP) is 1.57. The zero-order chi connectivity index (χ0) is 13.5. The fourth-order valence-corrected chi connectivity index (χ4v) is 2.64. The Labute approximate surface area is 124 Å². The second-order valence-corrected chi connectivity index (χ2v) is 5.94. The van der Waals surface area contributed by atoms with Crippen molar-refractivity contribution in [3.8, 4) is 0 Å². The van der Waals surface area contributed by atoms with Crippen LogP contribution in [-0.2, 0) is 6.54 Å². The van der Waals surface area contributed by atoms with E-state index in [0.29, 0.717) is 0 Å². The van der Waals surface area contributed by atoms with Gasteiger partial charge < -0.3 is 15.1 Å². The number of hydrogen-bond acceptors (Lipinski definition) is 4. The minimum absolute atomic E-state index is 0.849. The van der Waals surface area contributed by atoms with Crippen LogP contribution in [0.2, 0.25) is 0 Å². The summed E-state index contributed by atoms with van der Waals surface area (Å²) in [5, 5.41) is 3.46. The highest BCUT2D eigenvalue weighted by atomic mass is 79.9. The summed E-state index contributed by atoms with van der Waals surface area (Å²) >= 11 is 3.39. The number of aromatic nitrogens is 1. The first-order chi connectivity index (χ1) is 9.24. The standard InChI is InChI=1S/C14H23BrN4/c1-18-8-10-19(11-9-18)7-3-6-16-12-13-4-2-5-14(15)17-13/h2,4-5,16H,3,6-12H2,1H3. The van der Waals surface area contributed by atoms with Crippen LogP contribution < -0.4 is 5.32 Å². The van der Waals surface area contributed by atoms with E-state index in [1.54, 1.807) is 0 Å².